The lowest BCUT2D eigenvalue weighted by atomic mass is 10.0. The summed E-state index contributed by atoms with van der Waals surface area (Å²) in [5.74, 6) is 0.533. The summed E-state index contributed by atoms with van der Waals surface area (Å²) in [6, 6.07) is 4.44. The maximum absolute atomic E-state index is 5.13. The monoisotopic (exact) mass is 221 g/mol. The first-order chi connectivity index (χ1) is 7.54. The van der Waals surface area contributed by atoms with Crippen LogP contribution in [0, 0.1) is 26.7 Å². The normalized spacial score (nSPS) is 12.6. The first kappa shape index (κ1) is 13.0. The summed E-state index contributed by atoms with van der Waals surface area (Å²) < 4.78 is 5.13. The van der Waals surface area contributed by atoms with E-state index in [1.807, 2.05) is 0 Å². The zero-order valence-electron chi connectivity index (χ0n) is 11.1. The van der Waals surface area contributed by atoms with Crippen LogP contribution in [-0.2, 0) is 4.74 Å². The van der Waals surface area contributed by atoms with Crippen LogP contribution in [0.3, 0.4) is 0 Å². The van der Waals surface area contributed by atoms with Gasteiger partial charge in [-0.1, -0.05) is 24.6 Å². The fourth-order valence-electron chi connectivity index (χ4n) is 2.08. The Hall–Kier alpha value is -1.02. The summed E-state index contributed by atoms with van der Waals surface area (Å²) in [5, 5.41) is 3.51. The zero-order valence-corrected chi connectivity index (χ0v) is 11.1. The van der Waals surface area contributed by atoms with E-state index in [1.54, 1.807) is 7.11 Å². The molecule has 0 radical (unpaired) electrons. The van der Waals surface area contributed by atoms with Crippen molar-refractivity contribution >= 4 is 5.69 Å². The standard InChI is InChI=1S/C14H23NO/c1-10-6-12(3)14(13(4)7-10)15-8-11(2)9-16-5/h6-7,11,15H,8-9H2,1-5H3. The Labute approximate surface area is 99.0 Å². The maximum Gasteiger partial charge on any atom is 0.0504 e. The van der Waals surface area contributed by atoms with Crippen LogP contribution in [-0.4, -0.2) is 20.3 Å². The molecule has 2 nitrogen and oxygen atoms in total. The number of benzene rings is 1. The number of rotatable bonds is 5. The van der Waals surface area contributed by atoms with E-state index < -0.39 is 0 Å². The largest absolute Gasteiger partial charge is 0.384 e. The Morgan fingerprint density at radius 3 is 2.25 bits per heavy atom. The average Bonchev–Trinajstić information content (AvgIpc) is 2.16. The quantitative estimate of drug-likeness (QED) is 0.823. The molecule has 0 saturated heterocycles. The topological polar surface area (TPSA) is 21.3 Å². The predicted octanol–water partition coefficient (Wildman–Crippen LogP) is 3.31. The smallest absolute Gasteiger partial charge is 0.0504 e. The van der Waals surface area contributed by atoms with Gasteiger partial charge in [-0.3, -0.25) is 0 Å². The predicted molar refractivity (Wildman–Crippen MR) is 70.2 cm³/mol. The van der Waals surface area contributed by atoms with E-state index >= 15 is 0 Å². The van der Waals surface area contributed by atoms with Crippen molar-refractivity contribution in [3.05, 3.63) is 28.8 Å². The fourth-order valence-corrected chi connectivity index (χ4v) is 2.08. The van der Waals surface area contributed by atoms with E-state index in [4.69, 9.17) is 4.74 Å². The SMILES string of the molecule is COCC(C)CNc1c(C)cc(C)cc1C. The highest BCUT2D eigenvalue weighted by Gasteiger charge is 2.05. The van der Waals surface area contributed by atoms with Crippen molar-refractivity contribution in [2.45, 2.75) is 27.7 Å². The van der Waals surface area contributed by atoms with Crippen molar-refractivity contribution < 1.29 is 4.74 Å². The molecule has 90 valence electrons. The van der Waals surface area contributed by atoms with E-state index in [2.05, 4.69) is 45.1 Å². The highest BCUT2D eigenvalue weighted by atomic mass is 16.5. The zero-order chi connectivity index (χ0) is 12.1. The summed E-state index contributed by atoms with van der Waals surface area (Å²) in [6.07, 6.45) is 0. The van der Waals surface area contributed by atoms with E-state index in [0.29, 0.717) is 5.92 Å². The van der Waals surface area contributed by atoms with Crippen LogP contribution in [0.2, 0.25) is 0 Å². The number of aryl methyl sites for hydroxylation is 3. The fraction of sp³-hybridized carbons (Fsp3) is 0.571. The van der Waals surface area contributed by atoms with E-state index in [1.165, 1.54) is 22.4 Å². The molecule has 1 unspecified atom stereocenters. The number of anilines is 1. The molecule has 16 heavy (non-hydrogen) atoms. The molecule has 1 aromatic rings. The first-order valence-corrected chi connectivity index (χ1v) is 5.85. The third kappa shape index (κ3) is 3.53. The summed E-state index contributed by atoms with van der Waals surface area (Å²) in [4.78, 5) is 0. The lowest BCUT2D eigenvalue weighted by Crippen LogP contribution is -2.16. The Morgan fingerprint density at radius 1 is 1.19 bits per heavy atom. The molecule has 0 amide bonds. The van der Waals surface area contributed by atoms with Gasteiger partial charge in [-0.2, -0.15) is 0 Å². The van der Waals surface area contributed by atoms with Crippen molar-refractivity contribution in [2.24, 2.45) is 5.92 Å². The van der Waals surface area contributed by atoms with Gasteiger partial charge in [0.2, 0.25) is 0 Å². The highest BCUT2D eigenvalue weighted by Crippen LogP contribution is 2.22. The number of hydrogen-bond acceptors (Lipinski definition) is 2. The second-order valence-corrected chi connectivity index (χ2v) is 4.72. The van der Waals surface area contributed by atoms with Gasteiger partial charge in [0.1, 0.15) is 0 Å². The Kier molecular flexibility index (Phi) is 4.81. The minimum Gasteiger partial charge on any atom is -0.384 e. The summed E-state index contributed by atoms with van der Waals surface area (Å²) >= 11 is 0. The molecule has 1 N–H and O–H groups in total. The molecule has 0 aliphatic heterocycles. The Morgan fingerprint density at radius 2 is 1.75 bits per heavy atom. The molecule has 0 bridgehead atoms. The third-order valence-corrected chi connectivity index (χ3v) is 2.76. The minimum absolute atomic E-state index is 0.533. The van der Waals surface area contributed by atoms with Gasteiger partial charge in [0, 0.05) is 19.3 Å². The number of methoxy groups -OCH3 is 1. The van der Waals surface area contributed by atoms with Crippen LogP contribution < -0.4 is 5.32 Å². The molecule has 0 spiro atoms. The van der Waals surface area contributed by atoms with Gasteiger partial charge < -0.3 is 10.1 Å². The highest BCUT2D eigenvalue weighted by molar-refractivity contribution is 5.58. The number of ether oxygens (including phenoxy) is 1. The van der Waals surface area contributed by atoms with Crippen molar-refractivity contribution in [3.8, 4) is 0 Å². The van der Waals surface area contributed by atoms with Crippen molar-refractivity contribution in [2.75, 3.05) is 25.6 Å². The molecule has 1 atom stereocenters. The van der Waals surface area contributed by atoms with Crippen LogP contribution in [0.1, 0.15) is 23.6 Å². The molecule has 0 aromatic heterocycles. The second kappa shape index (κ2) is 5.90. The molecule has 2 heteroatoms. The molecule has 1 aromatic carbocycles. The van der Waals surface area contributed by atoms with Crippen LogP contribution >= 0.6 is 0 Å². The molecule has 1 rings (SSSR count). The van der Waals surface area contributed by atoms with Gasteiger partial charge in [0.05, 0.1) is 6.61 Å². The van der Waals surface area contributed by atoms with Crippen molar-refractivity contribution in [1.29, 1.82) is 0 Å². The number of nitrogens with one attached hydrogen (secondary N) is 1. The van der Waals surface area contributed by atoms with Crippen LogP contribution in [0.5, 0.6) is 0 Å². The first-order valence-electron chi connectivity index (χ1n) is 5.85. The number of hydrogen-bond donors (Lipinski definition) is 1. The molecule has 0 aliphatic carbocycles. The summed E-state index contributed by atoms with van der Waals surface area (Å²) in [6.45, 7) is 10.4. The van der Waals surface area contributed by atoms with Crippen molar-refractivity contribution in [1.82, 2.24) is 0 Å². The van der Waals surface area contributed by atoms with E-state index in [0.717, 1.165) is 13.2 Å². The van der Waals surface area contributed by atoms with Gasteiger partial charge in [-0.15, -0.1) is 0 Å². The van der Waals surface area contributed by atoms with Gasteiger partial charge in [-0.25, -0.2) is 0 Å². The van der Waals surface area contributed by atoms with Crippen LogP contribution in [0.4, 0.5) is 5.69 Å². The third-order valence-electron chi connectivity index (χ3n) is 2.76. The Balaban J connectivity index is 2.67. The van der Waals surface area contributed by atoms with E-state index in [9.17, 15) is 0 Å². The maximum atomic E-state index is 5.13. The summed E-state index contributed by atoms with van der Waals surface area (Å²) in [5.41, 5.74) is 5.24. The second-order valence-electron chi connectivity index (χ2n) is 4.72. The van der Waals surface area contributed by atoms with Crippen LogP contribution in [0.15, 0.2) is 12.1 Å². The molecule has 0 aliphatic rings. The molecule has 0 heterocycles. The van der Waals surface area contributed by atoms with Gasteiger partial charge in [0.15, 0.2) is 0 Å². The lowest BCUT2D eigenvalue weighted by Gasteiger charge is -2.17. The van der Waals surface area contributed by atoms with Gasteiger partial charge in [0.25, 0.3) is 0 Å². The lowest BCUT2D eigenvalue weighted by molar-refractivity contribution is 0.164. The Bertz CT molecular complexity index is 324. The summed E-state index contributed by atoms with van der Waals surface area (Å²) in [7, 11) is 1.75. The van der Waals surface area contributed by atoms with Gasteiger partial charge in [-0.05, 0) is 37.8 Å². The van der Waals surface area contributed by atoms with Crippen molar-refractivity contribution in [3.63, 3.8) is 0 Å². The molecular weight excluding hydrogens is 198 g/mol. The molecule has 0 fully saturated rings. The van der Waals surface area contributed by atoms with Gasteiger partial charge >= 0.3 is 0 Å². The van der Waals surface area contributed by atoms with Crippen LogP contribution in [0.25, 0.3) is 0 Å². The average molecular weight is 221 g/mol. The van der Waals surface area contributed by atoms with E-state index in [-0.39, 0.29) is 0 Å². The minimum atomic E-state index is 0.533. The molecular formula is C14H23NO. The molecule has 0 saturated carbocycles.